The summed E-state index contributed by atoms with van der Waals surface area (Å²) in [4.78, 5) is 54.9. The number of amides is 1. The number of ether oxygens (including phenoxy) is 1. The Hall–Kier alpha value is -2.92. The van der Waals surface area contributed by atoms with Crippen molar-refractivity contribution in [3.05, 3.63) is 75.3 Å². The maximum atomic E-state index is 13.8. The van der Waals surface area contributed by atoms with Crippen molar-refractivity contribution in [3.8, 4) is 5.75 Å². The number of carbonyl (C=O) groups is 3. The fourth-order valence-corrected chi connectivity index (χ4v) is 5.22. The van der Waals surface area contributed by atoms with Crippen molar-refractivity contribution in [1.29, 1.82) is 0 Å². The molecule has 2 aromatic carbocycles. The van der Waals surface area contributed by atoms with Crippen LogP contribution in [0.5, 0.6) is 5.75 Å². The summed E-state index contributed by atoms with van der Waals surface area (Å²) in [5, 5.41) is 10.2. The number of thioether (sulfide) groups is 1. The summed E-state index contributed by atoms with van der Waals surface area (Å²) in [5.74, 6) is -0.0288. The first-order valence-electron chi connectivity index (χ1n) is 11.4. The maximum absolute atomic E-state index is 13.8. The van der Waals surface area contributed by atoms with E-state index >= 15 is 0 Å². The third kappa shape index (κ3) is 6.85. The lowest BCUT2D eigenvalue weighted by atomic mass is 9.86. The Labute approximate surface area is 221 Å². The molecule has 36 heavy (non-hydrogen) atoms. The van der Waals surface area contributed by atoms with Gasteiger partial charge in [-0.3, -0.25) is 9.59 Å². The van der Waals surface area contributed by atoms with Crippen LogP contribution in [-0.4, -0.2) is 39.3 Å². The van der Waals surface area contributed by atoms with Crippen LogP contribution in [0.25, 0.3) is 0 Å². The number of carbonyl (C=O) groups excluding carboxylic acids is 3. The van der Waals surface area contributed by atoms with E-state index in [1.165, 1.54) is 24.8 Å². The zero-order chi connectivity index (χ0) is 26.1. The average molecular weight is 579 g/mol. The molecule has 1 aliphatic rings. The number of esters is 1. The standard InChI is InChI=1S/C25H27BrN2O7S/c1-18(29)36-13-4-10-23(30)27-12-5-11-25(27,21-8-2-6-19(14-21)16-26)24(31)35-22-9-3-7-20(15-22)17-34-28(32)33/h2-3,6-9,14-15H,4-5,10-13,16-17H2,1H3/t25-/m1/s1. The van der Waals surface area contributed by atoms with Gasteiger partial charge in [-0.1, -0.05) is 64.1 Å². The Morgan fingerprint density at radius 3 is 2.64 bits per heavy atom. The van der Waals surface area contributed by atoms with Crippen LogP contribution in [0.1, 0.15) is 49.3 Å². The molecule has 1 atom stereocenters. The van der Waals surface area contributed by atoms with Gasteiger partial charge in [-0.15, -0.1) is 10.1 Å². The molecular weight excluding hydrogens is 552 g/mol. The molecule has 0 spiro atoms. The number of hydrogen-bond acceptors (Lipinski definition) is 8. The average Bonchev–Trinajstić information content (AvgIpc) is 3.32. The highest BCUT2D eigenvalue weighted by atomic mass is 79.9. The van der Waals surface area contributed by atoms with Gasteiger partial charge in [0, 0.05) is 31.0 Å². The molecular formula is C25H27BrN2O7S. The Morgan fingerprint density at radius 1 is 1.17 bits per heavy atom. The Bertz CT molecular complexity index is 1130. The number of likely N-dealkylation sites (tertiary alicyclic amines) is 1. The van der Waals surface area contributed by atoms with Gasteiger partial charge in [-0.05, 0) is 48.1 Å². The number of alkyl halides is 1. The van der Waals surface area contributed by atoms with E-state index in [2.05, 4.69) is 20.8 Å². The van der Waals surface area contributed by atoms with Crippen molar-refractivity contribution in [2.75, 3.05) is 12.3 Å². The van der Waals surface area contributed by atoms with Gasteiger partial charge in [0.05, 0.1) is 0 Å². The Morgan fingerprint density at radius 2 is 1.92 bits per heavy atom. The molecule has 2 aromatic rings. The van der Waals surface area contributed by atoms with E-state index in [0.29, 0.717) is 48.0 Å². The second-order valence-electron chi connectivity index (χ2n) is 8.32. The van der Waals surface area contributed by atoms with Crippen molar-refractivity contribution in [2.45, 2.75) is 50.1 Å². The fraction of sp³-hybridized carbons (Fsp3) is 0.400. The van der Waals surface area contributed by atoms with Crippen LogP contribution >= 0.6 is 27.7 Å². The zero-order valence-electron chi connectivity index (χ0n) is 19.8. The molecule has 1 amide bonds. The van der Waals surface area contributed by atoms with E-state index < -0.39 is 16.6 Å². The smallest absolute Gasteiger partial charge is 0.342 e. The molecule has 0 aliphatic carbocycles. The van der Waals surface area contributed by atoms with Crippen LogP contribution in [0, 0.1) is 10.1 Å². The van der Waals surface area contributed by atoms with Crippen LogP contribution in [0.3, 0.4) is 0 Å². The molecule has 0 N–H and O–H groups in total. The van der Waals surface area contributed by atoms with E-state index in [4.69, 9.17) is 4.74 Å². The lowest BCUT2D eigenvalue weighted by Crippen LogP contribution is -2.52. The second-order valence-corrected chi connectivity index (χ2v) is 10.2. The van der Waals surface area contributed by atoms with Crippen LogP contribution in [0.2, 0.25) is 0 Å². The molecule has 1 aliphatic heterocycles. The molecule has 9 nitrogen and oxygen atoms in total. The molecule has 0 unspecified atom stereocenters. The highest BCUT2D eigenvalue weighted by molar-refractivity contribution is 9.08. The normalized spacial score (nSPS) is 17.0. The van der Waals surface area contributed by atoms with E-state index in [0.717, 1.165) is 5.56 Å². The van der Waals surface area contributed by atoms with Crippen LogP contribution < -0.4 is 4.74 Å². The van der Waals surface area contributed by atoms with Crippen LogP contribution in [0.15, 0.2) is 48.5 Å². The molecule has 1 heterocycles. The minimum atomic E-state index is -1.31. The highest BCUT2D eigenvalue weighted by Gasteiger charge is 2.52. The second kappa shape index (κ2) is 12.9. The predicted octanol–water partition coefficient (Wildman–Crippen LogP) is 4.77. The Kier molecular flexibility index (Phi) is 9.89. The van der Waals surface area contributed by atoms with Gasteiger partial charge in [0.2, 0.25) is 5.91 Å². The fourth-order valence-electron chi connectivity index (χ4n) is 4.29. The summed E-state index contributed by atoms with van der Waals surface area (Å²) < 4.78 is 5.80. The monoisotopic (exact) mass is 578 g/mol. The molecule has 0 aromatic heterocycles. The first kappa shape index (κ1) is 27.7. The van der Waals surface area contributed by atoms with Crippen molar-refractivity contribution in [1.82, 2.24) is 4.90 Å². The SMILES string of the molecule is CC(=O)SCCCC(=O)N1CCC[C@]1(C(=O)Oc1cccc(CO[N+](=O)[O-])c1)c1cccc(CBr)c1. The summed E-state index contributed by atoms with van der Waals surface area (Å²) in [5.41, 5.74) is 0.780. The van der Waals surface area contributed by atoms with Crippen molar-refractivity contribution in [2.24, 2.45) is 0 Å². The highest BCUT2D eigenvalue weighted by Crippen LogP contribution is 2.41. The molecule has 192 valence electrons. The predicted molar refractivity (Wildman–Crippen MR) is 138 cm³/mol. The quantitative estimate of drug-likeness (QED) is 0.0934. The first-order chi connectivity index (χ1) is 17.3. The van der Waals surface area contributed by atoms with Gasteiger partial charge in [0.15, 0.2) is 10.7 Å². The molecule has 1 saturated heterocycles. The van der Waals surface area contributed by atoms with Gasteiger partial charge in [0.1, 0.15) is 12.4 Å². The molecule has 0 radical (unpaired) electrons. The topological polar surface area (TPSA) is 116 Å². The van der Waals surface area contributed by atoms with Crippen LogP contribution in [-0.2, 0) is 36.7 Å². The van der Waals surface area contributed by atoms with Gasteiger partial charge < -0.3 is 14.5 Å². The number of rotatable bonds is 11. The summed E-state index contributed by atoms with van der Waals surface area (Å²) in [7, 11) is 0. The number of hydrogen-bond donors (Lipinski definition) is 0. The summed E-state index contributed by atoms with van der Waals surface area (Å²) >= 11 is 4.63. The van der Waals surface area contributed by atoms with Gasteiger partial charge >= 0.3 is 5.97 Å². The molecule has 0 saturated carbocycles. The minimum absolute atomic E-state index is 0.000949. The third-order valence-electron chi connectivity index (χ3n) is 5.86. The van der Waals surface area contributed by atoms with Crippen molar-refractivity contribution >= 4 is 44.7 Å². The van der Waals surface area contributed by atoms with Gasteiger partial charge in [-0.25, -0.2) is 4.79 Å². The number of benzene rings is 2. The summed E-state index contributed by atoms with van der Waals surface area (Å²) in [6.45, 7) is 1.62. The zero-order valence-corrected chi connectivity index (χ0v) is 22.2. The molecule has 3 rings (SSSR count). The lowest BCUT2D eigenvalue weighted by Gasteiger charge is -2.37. The van der Waals surface area contributed by atoms with Crippen molar-refractivity contribution in [3.63, 3.8) is 0 Å². The van der Waals surface area contributed by atoms with Gasteiger partial charge in [0.25, 0.3) is 5.09 Å². The van der Waals surface area contributed by atoms with E-state index in [1.807, 2.05) is 24.3 Å². The van der Waals surface area contributed by atoms with E-state index in [1.54, 1.807) is 23.1 Å². The molecule has 0 bridgehead atoms. The summed E-state index contributed by atoms with van der Waals surface area (Å²) in [6, 6.07) is 13.8. The van der Waals surface area contributed by atoms with Crippen molar-refractivity contribution < 1.29 is 29.0 Å². The third-order valence-corrected chi connectivity index (χ3v) is 7.41. The number of halogens is 1. The lowest BCUT2D eigenvalue weighted by molar-refractivity contribution is -0.763. The molecule has 11 heteroatoms. The largest absolute Gasteiger partial charge is 0.425 e. The number of nitrogens with zero attached hydrogens (tertiary/aromatic N) is 2. The van der Waals surface area contributed by atoms with E-state index in [9.17, 15) is 24.5 Å². The minimum Gasteiger partial charge on any atom is -0.425 e. The summed E-state index contributed by atoms with van der Waals surface area (Å²) in [6.07, 6.45) is 1.75. The van der Waals surface area contributed by atoms with E-state index in [-0.39, 0.29) is 29.8 Å². The molecule has 1 fully saturated rings. The van der Waals surface area contributed by atoms with Gasteiger partial charge in [-0.2, -0.15) is 0 Å². The maximum Gasteiger partial charge on any atom is 0.342 e. The Balaban J connectivity index is 1.90. The first-order valence-corrected chi connectivity index (χ1v) is 13.5. The van der Waals surface area contributed by atoms with Crippen LogP contribution in [0.4, 0.5) is 0 Å².